The average molecular weight is 209 g/mol. The monoisotopic (exact) mass is 209 g/mol. The molecule has 2 rings (SSSR count). The Morgan fingerprint density at radius 1 is 1.27 bits per heavy atom. The minimum Gasteiger partial charge on any atom is -0.314 e. The van der Waals surface area contributed by atoms with Crippen LogP contribution in [0, 0.1) is 11.8 Å². The molecule has 2 nitrogen and oxygen atoms in total. The second-order valence-electron chi connectivity index (χ2n) is 5.41. The summed E-state index contributed by atoms with van der Waals surface area (Å²) in [6.07, 6.45) is 8.25. The van der Waals surface area contributed by atoms with Gasteiger partial charge in [0.2, 0.25) is 0 Å². The van der Waals surface area contributed by atoms with Crippen molar-refractivity contribution in [3.05, 3.63) is 0 Å². The fourth-order valence-corrected chi connectivity index (χ4v) is 2.62. The molecule has 0 aromatic carbocycles. The third kappa shape index (κ3) is 3.60. The van der Waals surface area contributed by atoms with E-state index >= 15 is 0 Å². The second kappa shape index (κ2) is 5.11. The van der Waals surface area contributed by atoms with Gasteiger partial charge >= 0.3 is 0 Å². The van der Waals surface area contributed by atoms with E-state index < -0.39 is 0 Å². The van der Waals surface area contributed by atoms with Gasteiger partial charge in [0.15, 0.2) is 0 Å². The lowest BCUT2D eigenvalue weighted by molar-refractivity contribution is -0.124. The van der Waals surface area contributed by atoms with Gasteiger partial charge in [-0.3, -0.25) is 4.79 Å². The first-order valence-electron chi connectivity index (χ1n) is 6.52. The van der Waals surface area contributed by atoms with Crippen LogP contribution >= 0.6 is 0 Å². The quantitative estimate of drug-likeness (QED) is 0.754. The number of Topliss-reactive ketones (excluding diaryl/α,β-unsaturated/α-hetero) is 1. The van der Waals surface area contributed by atoms with Crippen LogP contribution < -0.4 is 5.32 Å². The Hall–Kier alpha value is -0.370. The largest absolute Gasteiger partial charge is 0.314 e. The van der Waals surface area contributed by atoms with Gasteiger partial charge in [-0.2, -0.15) is 0 Å². The molecular weight excluding hydrogens is 186 g/mol. The van der Waals surface area contributed by atoms with Gasteiger partial charge in [0.05, 0.1) is 0 Å². The summed E-state index contributed by atoms with van der Waals surface area (Å²) in [4.78, 5) is 11.9. The van der Waals surface area contributed by atoms with Crippen LogP contribution in [0.4, 0.5) is 0 Å². The van der Waals surface area contributed by atoms with Gasteiger partial charge in [-0.15, -0.1) is 0 Å². The summed E-state index contributed by atoms with van der Waals surface area (Å²) in [5, 5.41) is 3.42. The number of hydrogen-bond donors (Lipinski definition) is 1. The lowest BCUT2D eigenvalue weighted by Gasteiger charge is -2.25. The minimum atomic E-state index is 0.384. The first-order valence-corrected chi connectivity index (χ1v) is 6.52. The van der Waals surface area contributed by atoms with Crippen LogP contribution in [0.25, 0.3) is 0 Å². The molecule has 0 aromatic heterocycles. The van der Waals surface area contributed by atoms with Gasteiger partial charge in [0.1, 0.15) is 5.78 Å². The SMILES string of the molecule is CC1CCCC(C(=O)CCNC2CC2)C1. The molecule has 0 spiro atoms. The van der Waals surface area contributed by atoms with Crippen molar-refractivity contribution in [2.45, 2.75) is 57.9 Å². The molecule has 0 bridgehead atoms. The fraction of sp³-hybridized carbons (Fsp3) is 0.923. The zero-order chi connectivity index (χ0) is 10.7. The molecule has 86 valence electrons. The van der Waals surface area contributed by atoms with Crippen molar-refractivity contribution in [2.24, 2.45) is 11.8 Å². The van der Waals surface area contributed by atoms with E-state index in [4.69, 9.17) is 0 Å². The van der Waals surface area contributed by atoms with Gasteiger partial charge in [-0.1, -0.05) is 19.8 Å². The first kappa shape index (κ1) is 11.1. The Labute approximate surface area is 92.8 Å². The maximum absolute atomic E-state index is 11.9. The van der Waals surface area contributed by atoms with Crippen LogP contribution in [0.15, 0.2) is 0 Å². The molecule has 2 atom stereocenters. The molecule has 2 aliphatic carbocycles. The number of carbonyl (C=O) groups excluding carboxylic acids is 1. The van der Waals surface area contributed by atoms with Gasteiger partial charge in [0.25, 0.3) is 0 Å². The molecule has 0 amide bonds. The Kier molecular flexibility index (Phi) is 3.79. The predicted molar refractivity (Wildman–Crippen MR) is 61.8 cm³/mol. The molecule has 2 fully saturated rings. The Balaban J connectivity index is 1.64. The third-order valence-electron chi connectivity index (χ3n) is 3.77. The van der Waals surface area contributed by atoms with E-state index in [1.54, 1.807) is 0 Å². The summed E-state index contributed by atoms with van der Waals surface area (Å²) in [6.45, 7) is 3.19. The fourth-order valence-electron chi connectivity index (χ4n) is 2.62. The van der Waals surface area contributed by atoms with Gasteiger partial charge in [-0.25, -0.2) is 0 Å². The molecule has 2 unspecified atom stereocenters. The van der Waals surface area contributed by atoms with E-state index in [1.807, 2.05) is 0 Å². The Bertz CT molecular complexity index is 223. The summed E-state index contributed by atoms with van der Waals surface area (Å²) in [5.41, 5.74) is 0. The van der Waals surface area contributed by atoms with E-state index in [0.717, 1.165) is 37.8 Å². The van der Waals surface area contributed by atoms with E-state index in [9.17, 15) is 4.79 Å². The number of rotatable bonds is 5. The van der Waals surface area contributed by atoms with Crippen LogP contribution in [-0.4, -0.2) is 18.4 Å². The van der Waals surface area contributed by atoms with Crippen LogP contribution in [0.2, 0.25) is 0 Å². The minimum absolute atomic E-state index is 0.384. The van der Waals surface area contributed by atoms with E-state index in [-0.39, 0.29) is 0 Å². The standard InChI is InChI=1S/C13H23NO/c1-10-3-2-4-11(9-10)13(15)7-8-14-12-5-6-12/h10-12,14H,2-9H2,1H3. The van der Waals surface area contributed by atoms with E-state index in [2.05, 4.69) is 12.2 Å². The molecule has 2 saturated carbocycles. The lowest BCUT2D eigenvalue weighted by atomic mass is 9.79. The average Bonchev–Trinajstić information content (AvgIpc) is 3.01. The van der Waals surface area contributed by atoms with Crippen molar-refractivity contribution >= 4 is 5.78 Å². The molecule has 1 N–H and O–H groups in total. The van der Waals surface area contributed by atoms with Crippen LogP contribution in [0.5, 0.6) is 0 Å². The highest BCUT2D eigenvalue weighted by atomic mass is 16.1. The highest BCUT2D eigenvalue weighted by Gasteiger charge is 2.25. The summed E-state index contributed by atoms with van der Waals surface area (Å²) < 4.78 is 0. The van der Waals surface area contributed by atoms with Crippen LogP contribution in [-0.2, 0) is 4.79 Å². The second-order valence-corrected chi connectivity index (χ2v) is 5.41. The van der Waals surface area contributed by atoms with Crippen LogP contribution in [0.1, 0.15) is 51.9 Å². The molecular formula is C13H23NO. The molecule has 2 heteroatoms. The molecule has 0 radical (unpaired) electrons. The lowest BCUT2D eigenvalue weighted by Crippen LogP contribution is -2.26. The summed E-state index contributed by atoms with van der Waals surface area (Å²) in [6, 6.07) is 0.739. The Morgan fingerprint density at radius 2 is 2.07 bits per heavy atom. The highest BCUT2D eigenvalue weighted by Crippen LogP contribution is 2.29. The van der Waals surface area contributed by atoms with Crippen molar-refractivity contribution in [3.8, 4) is 0 Å². The third-order valence-corrected chi connectivity index (χ3v) is 3.77. The Morgan fingerprint density at radius 3 is 2.73 bits per heavy atom. The predicted octanol–water partition coefficient (Wildman–Crippen LogP) is 2.52. The highest BCUT2D eigenvalue weighted by molar-refractivity contribution is 5.81. The molecule has 0 aliphatic heterocycles. The number of ketones is 1. The summed E-state index contributed by atoms with van der Waals surface area (Å²) >= 11 is 0. The summed E-state index contributed by atoms with van der Waals surface area (Å²) in [5.74, 6) is 1.66. The number of nitrogens with one attached hydrogen (secondary N) is 1. The topological polar surface area (TPSA) is 29.1 Å². The maximum atomic E-state index is 11.9. The number of hydrogen-bond acceptors (Lipinski definition) is 2. The van der Waals surface area contributed by atoms with Crippen molar-refractivity contribution in [1.82, 2.24) is 5.32 Å². The van der Waals surface area contributed by atoms with Gasteiger partial charge < -0.3 is 5.32 Å². The molecule has 0 aromatic rings. The maximum Gasteiger partial charge on any atom is 0.137 e. The smallest absolute Gasteiger partial charge is 0.137 e. The molecule has 0 heterocycles. The van der Waals surface area contributed by atoms with Crippen molar-refractivity contribution in [1.29, 1.82) is 0 Å². The van der Waals surface area contributed by atoms with Crippen molar-refractivity contribution < 1.29 is 4.79 Å². The number of carbonyl (C=O) groups is 1. The molecule has 15 heavy (non-hydrogen) atoms. The van der Waals surface area contributed by atoms with E-state index in [0.29, 0.717) is 11.7 Å². The van der Waals surface area contributed by atoms with Crippen molar-refractivity contribution in [2.75, 3.05) is 6.54 Å². The summed E-state index contributed by atoms with van der Waals surface area (Å²) in [7, 11) is 0. The zero-order valence-corrected chi connectivity index (χ0v) is 9.80. The van der Waals surface area contributed by atoms with E-state index in [1.165, 1.54) is 25.7 Å². The zero-order valence-electron chi connectivity index (χ0n) is 9.80. The molecule has 0 saturated heterocycles. The van der Waals surface area contributed by atoms with Gasteiger partial charge in [0, 0.05) is 24.9 Å². The van der Waals surface area contributed by atoms with Gasteiger partial charge in [-0.05, 0) is 31.6 Å². The first-order chi connectivity index (χ1) is 7.25. The normalized spacial score (nSPS) is 31.5. The van der Waals surface area contributed by atoms with Crippen molar-refractivity contribution in [3.63, 3.8) is 0 Å². The molecule has 2 aliphatic rings. The van der Waals surface area contributed by atoms with Crippen LogP contribution in [0.3, 0.4) is 0 Å².